The first-order valence-corrected chi connectivity index (χ1v) is 6.35. The second-order valence-corrected chi connectivity index (χ2v) is 4.47. The molecule has 0 bridgehead atoms. The van der Waals surface area contributed by atoms with Gasteiger partial charge in [-0.05, 0) is 29.8 Å². The predicted octanol–water partition coefficient (Wildman–Crippen LogP) is 2.79. The number of carbonyl (C=O) groups is 2. The van der Waals surface area contributed by atoms with Gasteiger partial charge in [0.2, 0.25) is 5.78 Å². The minimum atomic E-state index is -0.405. The van der Waals surface area contributed by atoms with E-state index in [0.717, 1.165) is 16.7 Å². The molecule has 0 spiro atoms. The van der Waals surface area contributed by atoms with Crippen LogP contribution in [0.15, 0.2) is 54.6 Å². The molecule has 98 valence electrons. The van der Waals surface area contributed by atoms with Crippen LogP contribution in [0.3, 0.4) is 0 Å². The fraction of sp³-hybridized carbons (Fsp3) is 0.111. The molecule has 20 heavy (non-hydrogen) atoms. The molecule has 0 heterocycles. The molecule has 0 saturated carbocycles. The van der Waals surface area contributed by atoms with Gasteiger partial charge in [0.1, 0.15) is 0 Å². The number of hydrogen-bond donors (Lipinski definition) is 0. The Kier molecular flexibility index (Phi) is 4.47. The summed E-state index contributed by atoms with van der Waals surface area (Å²) in [7, 11) is 0. The molecule has 0 aromatic heterocycles. The van der Waals surface area contributed by atoms with Gasteiger partial charge >= 0.3 is 0 Å². The van der Waals surface area contributed by atoms with Gasteiger partial charge in [-0.3, -0.25) is 9.59 Å². The molecule has 0 aliphatic heterocycles. The standard InChI is InChI=1S/C18H14O2/c1-14(19)18(20)13-17-11-9-16(10-12-17)8-7-15-5-3-2-4-6-15/h2-6,9-12H,13H2,1H3. The van der Waals surface area contributed by atoms with Crippen LogP contribution in [0.4, 0.5) is 0 Å². The van der Waals surface area contributed by atoms with Crippen LogP contribution in [0.5, 0.6) is 0 Å². The predicted molar refractivity (Wildman–Crippen MR) is 78.3 cm³/mol. The summed E-state index contributed by atoms with van der Waals surface area (Å²) in [5.41, 5.74) is 2.67. The van der Waals surface area contributed by atoms with E-state index in [1.807, 2.05) is 54.6 Å². The highest BCUT2D eigenvalue weighted by molar-refractivity contribution is 6.36. The van der Waals surface area contributed by atoms with Crippen LogP contribution in [-0.4, -0.2) is 11.6 Å². The Morgan fingerprint density at radius 2 is 1.40 bits per heavy atom. The maximum atomic E-state index is 11.3. The van der Waals surface area contributed by atoms with Crippen molar-refractivity contribution in [2.45, 2.75) is 13.3 Å². The van der Waals surface area contributed by atoms with Crippen LogP contribution in [0.2, 0.25) is 0 Å². The summed E-state index contributed by atoms with van der Waals surface area (Å²) in [4.78, 5) is 22.2. The molecule has 0 aliphatic rings. The van der Waals surface area contributed by atoms with Crippen LogP contribution in [0, 0.1) is 11.8 Å². The molecular formula is C18H14O2. The Balaban J connectivity index is 2.08. The number of hydrogen-bond acceptors (Lipinski definition) is 2. The summed E-state index contributed by atoms with van der Waals surface area (Å²) in [5.74, 6) is 5.36. The average molecular weight is 262 g/mol. The number of Topliss-reactive ketones (excluding diaryl/α,β-unsaturated/α-hetero) is 2. The SMILES string of the molecule is CC(=O)C(=O)Cc1ccc(C#Cc2ccccc2)cc1. The van der Waals surface area contributed by atoms with Crippen molar-refractivity contribution < 1.29 is 9.59 Å². The quantitative estimate of drug-likeness (QED) is 0.629. The fourth-order valence-electron chi connectivity index (χ4n) is 1.68. The first-order valence-electron chi connectivity index (χ1n) is 6.35. The Bertz CT molecular complexity index is 671. The van der Waals surface area contributed by atoms with E-state index in [-0.39, 0.29) is 12.2 Å². The number of carbonyl (C=O) groups excluding carboxylic acids is 2. The van der Waals surface area contributed by atoms with E-state index in [4.69, 9.17) is 0 Å². The van der Waals surface area contributed by atoms with Crippen molar-refractivity contribution in [3.8, 4) is 11.8 Å². The highest BCUT2D eigenvalue weighted by Crippen LogP contribution is 2.05. The van der Waals surface area contributed by atoms with Crippen molar-refractivity contribution in [3.05, 3.63) is 71.3 Å². The van der Waals surface area contributed by atoms with Crippen molar-refractivity contribution in [1.29, 1.82) is 0 Å². The molecule has 2 heteroatoms. The summed E-state index contributed by atoms with van der Waals surface area (Å²) in [5, 5.41) is 0. The van der Waals surface area contributed by atoms with Crippen LogP contribution in [-0.2, 0) is 16.0 Å². The summed E-state index contributed by atoms with van der Waals surface area (Å²) >= 11 is 0. The second kappa shape index (κ2) is 6.49. The third-order valence-corrected chi connectivity index (χ3v) is 2.84. The lowest BCUT2D eigenvalue weighted by molar-refractivity contribution is -0.134. The molecule has 0 unspecified atom stereocenters. The number of ketones is 2. The lowest BCUT2D eigenvalue weighted by atomic mass is 10.1. The zero-order valence-corrected chi connectivity index (χ0v) is 11.2. The zero-order chi connectivity index (χ0) is 14.4. The minimum absolute atomic E-state index is 0.154. The molecule has 2 aromatic carbocycles. The zero-order valence-electron chi connectivity index (χ0n) is 11.2. The van der Waals surface area contributed by atoms with E-state index in [9.17, 15) is 9.59 Å². The molecule has 0 amide bonds. The third kappa shape index (κ3) is 3.93. The Hall–Kier alpha value is -2.66. The molecule has 0 saturated heterocycles. The van der Waals surface area contributed by atoms with Gasteiger partial charge in [-0.1, -0.05) is 42.2 Å². The monoisotopic (exact) mass is 262 g/mol. The lowest BCUT2D eigenvalue weighted by Gasteiger charge is -1.98. The van der Waals surface area contributed by atoms with Crippen LogP contribution in [0.1, 0.15) is 23.6 Å². The Labute approximate surface area is 118 Å². The van der Waals surface area contributed by atoms with E-state index < -0.39 is 5.78 Å². The lowest BCUT2D eigenvalue weighted by Crippen LogP contribution is -2.12. The minimum Gasteiger partial charge on any atom is -0.291 e. The molecule has 2 nitrogen and oxygen atoms in total. The summed E-state index contributed by atoms with van der Waals surface area (Å²) < 4.78 is 0. The number of rotatable bonds is 3. The van der Waals surface area contributed by atoms with Gasteiger partial charge in [-0.15, -0.1) is 0 Å². The van der Waals surface area contributed by atoms with Crippen LogP contribution in [0.25, 0.3) is 0 Å². The maximum Gasteiger partial charge on any atom is 0.202 e. The maximum absolute atomic E-state index is 11.3. The van der Waals surface area contributed by atoms with Crippen molar-refractivity contribution >= 4 is 11.6 Å². The second-order valence-electron chi connectivity index (χ2n) is 4.47. The fourth-order valence-corrected chi connectivity index (χ4v) is 1.68. The molecule has 2 aromatic rings. The summed E-state index contributed by atoms with van der Waals surface area (Å²) in [6.45, 7) is 1.29. The molecule has 0 fully saturated rings. The largest absolute Gasteiger partial charge is 0.291 e. The van der Waals surface area contributed by atoms with Gasteiger partial charge < -0.3 is 0 Å². The Morgan fingerprint density at radius 1 is 0.850 bits per heavy atom. The molecule has 2 rings (SSSR count). The highest BCUT2D eigenvalue weighted by atomic mass is 16.2. The molecule has 0 atom stereocenters. The van der Waals surface area contributed by atoms with Gasteiger partial charge in [0.15, 0.2) is 5.78 Å². The molecule has 0 radical (unpaired) electrons. The molecule has 0 N–H and O–H groups in total. The van der Waals surface area contributed by atoms with Gasteiger partial charge in [0, 0.05) is 24.5 Å². The van der Waals surface area contributed by atoms with Crippen molar-refractivity contribution in [2.24, 2.45) is 0 Å². The van der Waals surface area contributed by atoms with Gasteiger partial charge in [0.25, 0.3) is 0 Å². The van der Waals surface area contributed by atoms with E-state index in [1.54, 1.807) is 0 Å². The Morgan fingerprint density at radius 3 is 1.95 bits per heavy atom. The van der Waals surface area contributed by atoms with E-state index in [2.05, 4.69) is 11.8 Å². The van der Waals surface area contributed by atoms with Gasteiger partial charge in [-0.25, -0.2) is 0 Å². The van der Waals surface area contributed by atoms with E-state index in [0.29, 0.717) is 0 Å². The van der Waals surface area contributed by atoms with Crippen molar-refractivity contribution in [3.63, 3.8) is 0 Å². The van der Waals surface area contributed by atoms with E-state index in [1.165, 1.54) is 6.92 Å². The smallest absolute Gasteiger partial charge is 0.202 e. The normalized spacial score (nSPS) is 9.45. The van der Waals surface area contributed by atoms with Gasteiger partial charge in [0.05, 0.1) is 0 Å². The van der Waals surface area contributed by atoms with Crippen LogP contribution < -0.4 is 0 Å². The number of benzene rings is 2. The van der Waals surface area contributed by atoms with Crippen LogP contribution >= 0.6 is 0 Å². The van der Waals surface area contributed by atoms with Gasteiger partial charge in [-0.2, -0.15) is 0 Å². The third-order valence-electron chi connectivity index (χ3n) is 2.84. The summed E-state index contributed by atoms with van der Waals surface area (Å²) in [6.07, 6.45) is 0.154. The topological polar surface area (TPSA) is 34.1 Å². The average Bonchev–Trinajstić information content (AvgIpc) is 2.47. The van der Waals surface area contributed by atoms with E-state index >= 15 is 0 Å². The van der Waals surface area contributed by atoms with Crippen molar-refractivity contribution in [2.75, 3.05) is 0 Å². The molecule has 0 aliphatic carbocycles. The molecular weight excluding hydrogens is 248 g/mol. The highest BCUT2D eigenvalue weighted by Gasteiger charge is 2.08. The summed E-state index contributed by atoms with van der Waals surface area (Å²) in [6, 6.07) is 17.1. The first-order chi connectivity index (χ1) is 9.65. The first kappa shape index (κ1) is 13.8. The van der Waals surface area contributed by atoms with Crippen molar-refractivity contribution in [1.82, 2.24) is 0 Å².